The van der Waals surface area contributed by atoms with Crippen LogP contribution in [-0.4, -0.2) is 43.4 Å². The van der Waals surface area contributed by atoms with E-state index in [2.05, 4.69) is 15.6 Å². The van der Waals surface area contributed by atoms with E-state index in [1.165, 1.54) is 32.4 Å². The van der Waals surface area contributed by atoms with Crippen molar-refractivity contribution in [2.24, 2.45) is 0 Å². The maximum atomic E-state index is 10.5. The van der Waals surface area contributed by atoms with Crippen LogP contribution in [0.3, 0.4) is 0 Å². The monoisotopic (exact) mass is 474 g/mol. The number of aromatic hydroxyl groups is 1. The van der Waals surface area contributed by atoms with Crippen LogP contribution in [-0.2, 0) is 0 Å². The number of rotatable bonds is 8. The summed E-state index contributed by atoms with van der Waals surface area (Å²) >= 11 is 1.65. The molecule has 0 aliphatic carbocycles. The predicted molar refractivity (Wildman–Crippen MR) is 141 cm³/mol. The minimum Gasteiger partial charge on any atom is -0.507 e. The lowest BCUT2D eigenvalue weighted by atomic mass is 9.99. The van der Waals surface area contributed by atoms with Crippen molar-refractivity contribution in [1.29, 1.82) is 0 Å². The van der Waals surface area contributed by atoms with E-state index in [9.17, 15) is 5.11 Å². The van der Waals surface area contributed by atoms with Crippen LogP contribution in [0.25, 0.3) is 21.2 Å². The summed E-state index contributed by atoms with van der Waals surface area (Å²) in [7, 11) is 1.67. The number of methoxy groups -OCH3 is 1. The number of phenols is 1. The Morgan fingerprint density at radius 3 is 2.50 bits per heavy atom. The number of hydrogen-bond acceptors (Lipinski definition) is 6. The lowest BCUT2D eigenvalue weighted by Gasteiger charge is -2.26. The maximum Gasteiger partial charge on any atom is 0.123 e. The molecule has 176 valence electrons. The van der Waals surface area contributed by atoms with E-state index in [-0.39, 0.29) is 5.75 Å². The van der Waals surface area contributed by atoms with Crippen LogP contribution in [0.4, 0.5) is 11.4 Å². The molecule has 5 nitrogen and oxygen atoms in total. The van der Waals surface area contributed by atoms with E-state index in [0.29, 0.717) is 6.61 Å². The quantitative estimate of drug-likeness (QED) is 0.291. The largest absolute Gasteiger partial charge is 0.507 e. The van der Waals surface area contributed by atoms with E-state index in [4.69, 9.17) is 9.47 Å². The third kappa shape index (κ3) is 4.98. The van der Waals surface area contributed by atoms with Gasteiger partial charge in [0.05, 0.1) is 12.8 Å². The Kier molecular flexibility index (Phi) is 6.88. The zero-order chi connectivity index (χ0) is 23.3. The topological polar surface area (TPSA) is 54.0 Å². The van der Waals surface area contributed by atoms with E-state index in [1.54, 1.807) is 24.5 Å². The smallest absolute Gasteiger partial charge is 0.123 e. The van der Waals surface area contributed by atoms with Crippen LogP contribution in [0.1, 0.15) is 19.3 Å². The Morgan fingerprint density at radius 1 is 0.941 bits per heavy atom. The van der Waals surface area contributed by atoms with Gasteiger partial charge in [-0.3, -0.25) is 4.90 Å². The molecular weight excluding hydrogens is 444 g/mol. The van der Waals surface area contributed by atoms with Gasteiger partial charge in [-0.1, -0.05) is 24.6 Å². The molecule has 1 fully saturated rings. The molecular formula is C28H30N2O3S. The normalized spacial score (nSPS) is 14.3. The Balaban J connectivity index is 1.34. The number of hydrogen-bond donors (Lipinski definition) is 2. The maximum absolute atomic E-state index is 10.5. The molecule has 4 aromatic rings. The van der Waals surface area contributed by atoms with Crippen LogP contribution in [0.5, 0.6) is 17.2 Å². The third-order valence-corrected chi connectivity index (χ3v) is 7.27. The Bertz CT molecular complexity index is 1250. The molecule has 1 saturated heterocycles. The number of para-hydroxylation sites is 1. The van der Waals surface area contributed by atoms with Crippen molar-refractivity contribution in [1.82, 2.24) is 4.90 Å². The molecule has 5 rings (SSSR count). The second-order valence-corrected chi connectivity index (χ2v) is 9.53. The van der Waals surface area contributed by atoms with Gasteiger partial charge in [0.1, 0.15) is 23.9 Å². The van der Waals surface area contributed by atoms with Crippen LogP contribution < -0.4 is 14.8 Å². The molecule has 3 aromatic carbocycles. The van der Waals surface area contributed by atoms with Gasteiger partial charge in [0.25, 0.3) is 0 Å². The second kappa shape index (κ2) is 10.4. The van der Waals surface area contributed by atoms with Crippen LogP contribution in [0, 0.1) is 0 Å². The fraction of sp³-hybridized carbons (Fsp3) is 0.286. The van der Waals surface area contributed by atoms with Gasteiger partial charge >= 0.3 is 0 Å². The van der Waals surface area contributed by atoms with Crippen molar-refractivity contribution < 1.29 is 14.6 Å². The zero-order valence-electron chi connectivity index (χ0n) is 19.4. The lowest BCUT2D eigenvalue weighted by Crippen LogP contribution is -2.33. The first kappa shape index (κ1) is 22.6. The number of nitrogens with one attached hydrogen (secondary N) is 1. The van der Waals surface area contributed by atoms with Gasteiger partial charge in [-0.15, -0.1) is 11.3 Å². The van der Waals surface area contributed by atoms with Crippen LogP contribution in [0.15, 0.2) is 66.0 Å². The first-order chi connectivity index (χ1) is 16.7. The number of likely N-dealkylation sites (tertiary alicyclic amines) is 1. The van der Waals surface area contributed by atoms with Crippen LogP contribution in [0.2, 0.25) is 0 Å². The summed E-state index contributed by atoms with van der Waals surface area (Å²) in [5.74, 6) is 1.91. The molecule has 0 radical (unpaired) electrons. The number of anilines is 2. The van der Waals surface area contributed by atoms with Gasteiger partial charge in [0.15, 0.2) is 0 Å². The number of nitrogens with zero attached hydrogens (tertiary/aromatic N) is 1. The van der Waals surface area contributed by atoms with Gasteiger partial charge in [0.2, 0.25) is 0 Å². The van der Waals surface area contributed by atoms with Crippen molar-refractivity contribution in [3.63, 3.8) is 0 Å². The summed E-state index contributed by atoms with van der Waals surface area (Å²) in [6, 6.07) is 19.5. The molecule has 0 amide bonds. The van der Waals surface area contributed by atoms with Gasteiger partial charge in [-0.25, -0.2) is 0 Å². The Labute approximate surface area is 204 Å². The molecule has 1 aromatic heterocycles. The Morgan fingerprint density at radius 2 is 1.74 bits per heavy atom. The first-order valence-corrected chi connectivity index (χ1v) is 12.7. The molecule has 34 heavy (non-hydrogen) atoms. The van der Waals surface area contributed by atoms with Gasteiger partial charge in [-0.05, 0) is 74.0 Å². The third-order valence-electron chi connectivity index (χ3n) is 6.34. The second-order valence-electron chi connectivity index (χ2n) is 8.61. The van der Waals surface area contributed by atoms with Crippen molar-refractivity contribution in [2.45, 2.75) is 19.3 Å². The first-order valence-electron chi connectivity index (χ1n) is 11.8. The highest BCUT2D eigenvalue weighted by Gasteiger charge is 2.16. The van der Waals surface area contributed by atoms with Gasteiger partial charge < -0.3 is 19.9 Å². The number of fused-ring (bicyclic) bond motifs is 1. The highest BCUT2D eigenvalue weighted by atomic mass is 32.1. The average molecular weight is 475 g/mol. The standard InChI is InChI=1S/C28H30N2O3S/c1-32-22-17-24(23-7-3-4-8-26(23)31)28-25(19-34-27(28)18-22)29-20-9-11-21(12-10-20)33-16-15-30-13-5-2-6-14-30/h3-4,7-12,17-19,29,31H,2,5-6,13-16H2,1H3. The number of benzene rings is 3. The SMILES string of the molecule is COc1cc(-c2ccccc2O)c2c(Nc3ccc(OCCN4CCCCC4)cc3)csc2c1. The van der Waals surface area contributed by atoms with Crippen molar-refractivity contribution in [3.05, 3.63) is 66.0 Å². The van der Waals surface area contributed by atoms with Crippen molar-refractivity contribution >= 4 is 32.8 Å². The summed E-state index contributed by atoms with van der Waals surface area (Å²) in [6.45, 7) is 4.08. The summed E-state index contributed by atoms with van der Waals surface area (Å²) < 4.78 is 12.6. The van der Waals surface area contributed by atoms with Crippen molar-refractivity contribution in [3.8, 4) is 28.4 Å². The summed E-state index contributed by atoms with van der Waals surface area (Å²) in [6.07, 6.45) is 3.96. The highest BCUT2D eigenvalue weighted by molar-refractivity contribution is 7.18. The molecule has 6 heteroatoms. The van der Waals surface area contributed by atoms with E-state index >= 15 is 0 Å². The lowest BCUT2D eigenvalue weighted by molar-refractivity contribution is 0.183. The predicted octanol–water partition coefficient (Wildman–Crippen LogP) is 6.89. The van der Waals surface area contributed by atoms with Crippen molar-refractivity contribution in [2.75, 3.05) is 38.7 Å². The zero-order valence-corrected chi connectivity index (χ0v) is 20.2. The van der Waals surface area contributed by atoms with Crippen LogP contribution >= 0.6 is 11.3 Å². The van der Waals surface area contributed by atoms with E-state index in [1.807, 2.05) is 54.6 Å². The molecule has 1 aliphatic heterocycles. The minimum atomic E-state index is 0.250. The number of ether oxygens (including phenoxy) is 2. The molecule has 0 saturated carbocycles. The number of piperidine rings is 1. The molecule has 1 aliphatic rings. The fourth-order valence-corrected chi connectivity index (χ4v) is 5.48. The van der Waals surface area contributed by atoms with Gasteiger partial charge in [-0.2, -0.15) is 0 Å². The molecule has 0 atom stereocenters. The average Bonchev–Trinajstić information content (AvgIpc) is 3.28. The summed E-state index contributed by atoms with van der Waals surface area (Å²) in [5.41, 5.74) is 3.71. The Hall–Kier alpha value is -3.22. The van der Waals surface area contributed by atoms with Gasteiger partial charge in [0, 0.05) is 33.3 Å². The molecule has 0 unspecified atom stereocenters. The molecule has 0 spiro atoms. The molecule has 0 bridgehead atoms. The highest BCUT2D eigenvalue weighted by Crippen LogP contribution is 2.44. The minimum absolute atomic E-state index is 0.250. The molecule has 2 heterocycles. The van der Waals surface area contributed by atoms with E-state index < -0.39 is 0 Å². The summed E-state index contributed by atoms with van der Waals surface area (Å²) in [4.78, 5) is 2.48. The summed E-state index contributed by atoms with van der Waals surface area (Å²) in [5, 5.41) is 17.2. The molecule has 2 N–H and O–H groups in total. The number of thiophene rings is 1. The van der Waals surface area contributed by atoms with E-state index in [0.717, 1.165) is 50.6 Å². The number of phenolic OH excluding ortho intramolecular Hbond substituents is 1. The fourth-order valence-electron chi connectivity index (χ4n) is 4.53.